The van der Waals surface area contributed by atoms with Crippen molar-refractivity contribution in [3.63, 3.8) is 0 Å². The van der Waals surface area contributed by atoms with E-state index in [1.807, 2.05) is 38.5 Å². The van der Waals surface area contributed by atoms with Crippen LogP contribution in [0.1, 0.15) is 18.4 Å². The SMILES string of the molecule is C=CC(=O)Nc1cc(Nc2nc(-c3cnn(C)c3)c3c(C)cn(CO)c3n2)c(OC)cc1N1CCC(N(C)C)CC1. The molecule has 1 fully saturated rings. The number of carbonyl (C=O) groups excluding carboxylic acids is 1. The molecule has 1 aliphatic rings. The number of hydrogen-bond acceptors (Lipinski definition) is 9. The van der Waals surface area contributed by atoms with Gasteiger partial charge in [-0.1, -0.05) is 6.58 Å². The zero-order valence-electron chi connectivity index (χ0n) is 24.2. The number of benzene rings is 1. The van der Waals surface area contributed by atoms with Crippen molar-refractivity contribution in [1.29, 1.82) is 0 Å². The van der Waals surface area contributed by atoms with E-state index in [1.54, 1.807) is 22.6 Å². The van der Waals surface area contributed by atoms with Gasteiger partial charge in [0.25, 0.3) is 0 Å². The Balaban J connectivity index is 1.58. The van der Waals surface area contributed by atoms with Gasteiger partial charge >= 0.3 is 0 Å². The molecule has 12 nitrogen and oxygen atoms in total. The van der Waals surface area contributed by atoms with E-state index in [-0.39, 0.29) is 12.6 Å². The normalized spacial score (nSPS) is 14.1. The van der Waals surface area contributed by atoms with E-state index in [0.717, 1.165) is 48.1 Å². The average molecular weight is 560 g/mol. The van der Waals surface area contributed by atoms with Crippen LogP contribution in [0.5, 0.6) is 5.75 Å². The molecule has 1 aliphatic heterocycles. The molecule has 0 atom stereocenters. The van der Waals surface area contributed by atoms with Crippen molar-refractivity contribution in [2.75, 3.05) is 49.8 Å². The Morgan fingerprint density at radius 3 is 2.59 bits per heavy atom. The van der Waals surface area contributed by atoms with Crippen LogP contribution < -0.4 is 20.3 Å². The van der Waals surface area contributed by atoms with Crippen molar-refractivity contribution in [3.8, 4) is 17.0 Å². The van der Waals surface area contributed by atoms with E-state index < -0.39 is 0 Å². The fourth-order valence-corrected chi connectivity index (χ4v) is 5.42. The number of methoxy groups -OCH3 is 1. The number of nitrogens with one attached hydrogen (secondary N) is 2. The van der Waals surface area contributed by atoms with Gasteiger partial charge in [0.1, 0.15) is 18.1 Å². The minimum absolute atomic E-state index is 0.229. The van der Waals surface area contributed by atoms with Crippen LogP contribution in [0.2, 0.25) is 0 Å². The summed E-state index contributed by atoms with van der Waals surface area (Å²) >= 11 is 0. The first-order valence-electron chi connectivity index (χ1n) is 13.5. The number of ether oxygens (including phenoxy) is 1. The quantitative estimate of drug-likeness (QED) is 0.264. The van der Waals surface area contributed by atoms with Gasteiger partial charge in [0, 0.05) is 55.6 Å². The Morgan fingerprint density at radius 2 is 1.98 bits per heavy atom. The molecule has 4 aromatic rings. The zero-order chi connectivity index (χ0) is 29.3. The fourth-order valence-electron chi connectivity index (χ4n) is 5.42. The second-order valence-corrected chi connectivity index (χ2v) is 10.5. The molecule has 3 N–H and O–H groups in total. The van der Waals surface area contributed by atoms with Gasteiger partial charge in [-0.3, -0.25) is 9.48 Å². The van der Waals surface area contributed by atoms with Crippen molar-refractivity contribution in [1.82, 2.24) is 29.2 Å². The van der Waals surface area contributed by atoms with Crippen LogP contribution >= 0.6 is 0 Å². The van der Waals surface area contributed by atoms with Gasteiger partial charge in [0.2, 0.25) is 11.9 Å². The largest absolute Gasteiger partial charge is 0.494 e. The molecule has 5 rings (SSSR count). The molecule has 216 valence electrons. The van der Waals surface area contributed by atoms with Crippen LogP contribution in [0, 0.1) is 6.92 Å². The number of nitrogens with zero attached hydrogens (tertiary/aromatic N) is 7. The lowest BCUT2D eigenvalue weighted by Crippen LogP contribution is -2.42. The number of anilines is 4. The van der Waals surface area contributed by atoms with Gasteiger partial charge in [0.15, 0.2) is 0 Å². The lowest BCUT2D eigenvalue weighted by Gasteiger charge is -2.37. The predicted molar refractivity (Wildman–Crippen MR) is 161 cm³/mol. The highest BCUT2D eigenvalue weighted by atomic mass is 16.5. The summed E-state index contributed by atoms with van der Waals surface area (Å²) in [7, 11) is 7.67. The van der Waals surface area contributed by atoms with Crippen LogP contribution in [0.4, 0.5) is 23.0 Å². The van der Waals surface area contributed by atoms with E-state index in [2.05, 4.69) is 46.2 Å². The van der Waals surface area contributed by atoms with Crippen molar-refractivity contribution < 1.29 is 14.6 Å². The van der Waals surface area contributed by atoms with E-state index in [4.69, 9.17) is 14.7 Å². The lowest BCUT2D eigenvalue weighted by atomic mass is 10.0. The summed E-state index contributed by atoms with van der Waals surface area (Å²) in [5, 5.41) is 21.4. The number of fused-ring (bicyclic) bond motifs is 1. The van der Waals surface area contributed by atoms with Gasteiger partial charge < -0.3 is 34.8 Å². The summed E-state index contributed by atoms with van der Waals surface area (Å²) in [6, 6.07) is 4.28. The van der Waals surface area contributed by atoms with Crippen LogP contribution in [0.3, 0.4) is 0 Å². The van der Waals surface area contributed by atoms with Gasteiger partial charge in [-0.25, -0.2) is 4.98 Å². The zero-order valence-corrected chi connectivity index (χ0v) is 24.2. The number of carbonyl (C=O) groups is 1. The van der Waals surface area contributed by atoms with Crippen molar-refractivity contribution in [2.24, 2.45) is 7.05 Å². The summed E-state index contributed by atoms with van der Waals surface area (Å²) in [5.41, 5.74) is 5.12. The minimum atomic E-state index is -0.307. The Hall–Kier alpha value is -4.42. The predicted octanol–water partition coefficient (Wildman–Crippen LogP) is 3.50. The maximum atomic E-state index is 12.4. The molecule has 0 aliphatic carbocycles. The molecule has 0 bridgehead atoms. The first-order valence-corrected chi connectivity index (χ1v) is 13.5. The van der Waals surface area contributed by atoms with Gasteiger partial charge in [-0.15, -0.1) is 0 Å². The smallest absolute Gasteiger partial charge is 0.247 e. The second-order valence-electron chi connectivity index (χ2n) is 10.5. The molecule has 1 aromatic carbocycles. The molecular formula is C29H37N9O3. The lowest BCUT2D eigenvalue weighted by molar-refractivity contribution is -0.111. The Morgan fingerprint density at radius 1 is 1.22 bits per heavy atom. The van der Waals surface area contributed by atoms with Crippen molar-refractivity contribution >= 4 is 40.0 Å². The van der Waals surface area contributed by atoms with Crippen LogP contribution in [-0.2, 0) is 18.6 Å². The van der Waals surface area contributed by atoms with Crippen LogP contribution in [0.25, 0.3) is 22.3 Å². The monoisotopic (exact) mass is 559 g/mol. The summed E-state index contributed by atoms with van der Waals surface area (Å²) in [4.78, 5) is 26.6. The van der Waals surface area contributed by atoms with E-state index >= 15 is 0 Å². The minimum Gasteiger partial charge on any atom is -0.494 e. The second kappa shape index (κ2) is 11.6. The topological polar surface area (TPSA) is 126 Å². The van der Waals surface area contributed by atoms with E-state index in [1.165, 1.54) is 6.08 Å². The average Bonchev–Trinajstić information content (AvgIpc) is 3.55. The highest BCUT2D eigenvalue weighted by Gasteiger charge is 2.25. The molecule has 1 amide bonds. The Bertz CT molecular complexity index is 1580. The summed E-state index contributed by atoms with van der Waals surface area (Å²) in [6.45, 7) is 7.05. The van der Waals surface area contributed by atoms with Crippen LogP contribution in [-0.4, -0.2) is 80.6 Å². The number of hydrogen-bond donors (Lipinski definition) is 3. The summed E-state index contributed by atoms with van der Waals surface area (Å²) in [5.74, 6) is 0.577. The highest BCUT2D eigenvalue weighted by Crippen LogP contribution is 2.40. The third kappa shape index (κ3) is 5.61. The molecule has 4 heterocycles. The van der Waals surface area contributed by atoms with Crippen LogP contribution in [0.15, 0.2) is 43.4 Å². The number of aliphatic hydroxyl groups is 1. The molecular weight excluding hydrogens is 522 g/mol. The number of aryl methyl sites for hydroxylation is 2. The summed E-state index contributed by atoms with van der Waals surface area (Å²) < 4.78 is 9.19. The van der Waals surface area contributed by atoms with Gasteiger partial charge in [-0.2, -0.15) is 10.1 Å². The first kappa shape index (κ1) is 28.1. The number of piperidine rings is 1. The standard InChI is InChI=1S/C29H37N9O3/c1-7-25(40)31-21-12-22(24(41-6)13-23(21)37-10-8-20(9-11-37)35(3)4)32-29-33-27(19-14-30-36(5)16-19)26-18(2)15-38(17-39)28(26)34-29/h7,12-16,20,39H,1,8-11,17H2,2-6H3,(H,31,40)(H,32,33,34). The van der Waals surface area contributed by atoms with Gasteiger partial charge in [0.05, 0.1) is 36.1 Å². The van der Waals surface area contributed by atoms with Gasteiger partial charge in [-0.05, 0) is 51.6 Å². The Kier molecular flexibility index (Phi) is 7.95. The maximum Gasteiger partial charge on any atom is 0.247 e. The molecule has 12 heteroatoms. The molecule has 41 heavy (non-hydrogen) atoms. The Labute approximate surface area is 239 Å². The van der Waals surface area contributed by atoms with Crippen molar-refractivity contribution in [3.05, 3.63) is 48.9 Å². The molecule has 0 unspecified atom stereocenters. The molecule has 3 aromatic heterocycles. The first-order chi connectivity index (χ1) is 19.7. The summed E-state index contributed by atoms with van der Waals surface area (Å²) in [6.07, 6.45) is 8.76. The number of amides is 1. The number of aliphatic hydroxyl groups excluding tert-OH is 1. The number of aromatic nitrogens is 5. The molecule has 0 radical (unpaired) electrons. The third-order valence-corrected chi connectivity index (χ3v) is 7.58. The van der Waals surface area contributed by atoms with E-state index in [9.17, 15) is 9.90 Å². The maximum absolute atomic E-state index is 12.4. The molecule has 0 saturated carbocycles. The van der Waals surface area contributed by atoms with Crippen molar-refractivity contribution in [2.45, 2.75) is 32.5 Å². The molecule has 0 spiro atoms. The number of rotatable bonds is 9. The third-order valence-electron chi connectivity index (χ3n) is 7.58. The van der Waals surface area contributed by atoms with E-state index in [0.29, 0.717) is 40.5 Å². The molecule has 1 saturated heterocycles. The fraction of sp³-hybridized carbons (Fsp3) is 0.379. The highest BCUT2D eigenvalue weighted by molar-refractivity contribution is 6.02.